The lowest BCUT2D eigenvalue weighted by Crippen LogP contribution is -2.27. The lowest BCUT2D eigenvalue weighted by molar-refractivity contribution is -0.0834. The summed E-state index contributed by atoms with van der Waals surface area (Å²) in [6, 6.07) is 0. The van der Waals surface area contributed by atoms with E-state index in [-0.39, 0.29) is 15.4 Å². The first-order valence-electron chi connectivity index (χ1n) is 5.83. The fourth-order valence-corrected chi connectivity index (χ4v) is 4.05. The van der Waals surface area contributed by atoms with Crippen LogP contribution < -0.4 is 0 Å². The highest BCUT2D eigenvalue weighted by atomic mass is 28.2. The van der Waals surface area contributed by atoms with Crippen LogP contribution in [0.2, 0.25) is 5.54 Å². The average Bonchev–Trinajstić information content (AvgIpc) is 2.03. The Morgan fingerprint density at radius 2 is 1.50 bits per heavy atom. The molecule has 0 bridgehead atoms. The molecule has 0 aromatic carbocycles. The fraction of sp³-hybridized carbons (Fsp3) is 1.00. The highest BCUT2D eigenvalue weighted by Gasteiger charge is 2.14. The summed E-state index contributed by atoms with van der Waals surface area (Å²) >= 11 is 0. The zero-order chi connectivity index (χ0) is 11.0. The van der Waals surface area contributed by atoms with E-state index in [1.165, 1.54) is 6.42 Å². The van der Waals surface area contributed by atoms with E-state index in [0.717, 1.165) is 24.7 Å². The summed E-state index contributed by atoms with van der Waals surface area (Å²) in [5.41, 5.74) is 0.818. The molecule has 0 N–H and O–H groups in total. The summed E-state index contributed by atoms with van der Waals surface area (Å²) in [4.78, 5) is 0. The standard InChI is InChI=1S/C11H26O2Si/c1-6-12-11(13-7-2)14-10(5)8-9(3)4/h9-11H,6-8,14H2,1-5H3. The lowest BCUT2D eigenvalue weighted by Gasteiger charge is -2.21. The maximum absolute atomic E-state index is 5.57. The Hall–Kier alpha value is 0.137. The van der Waals surface area contributed by atoms with Crippen LogP contribution in [-0.2, 0) is 9.47 Å². The fourth-order valence-electron chi connectivity index (χ4n) is 1.79. The van der Waals surface area contributed by atoms with Crippen molar-refractivity contribution in [3.8, 4) is 0 Å². The van der Waals surface area contributed by atoms with Gasteiger partial charge in [0.05, 0.1) is 9.52 Å². The molecule has 0 spiro atoms. The quantitative estimate of drug-likeness (QED) is 0.460. The number of hydrogen-bond donors (Lipinski definition) is 0. The van der Waals surface area contributed by atoms with Gasteiger partial charge in [-0.05, 0) is 25.3 Å². The zero-order valence-corrected chi connectivity index (χ0v) is 11.8. The van der Waals surface area contributed by atoms with Crippen LogP contribution in [0.4, 0.5) is 0 Å². The van der Waals surface area contributed by atoms with E-state index in [4.69, 9.17) is 9.47 Å². The zero-order valence-electron chi connectivity index (χ0n) is 10.4. The van der Waals surface area contributed by atoms with Crippen molar-refractivity contribution in [2.24, 2.45) is 5.92 Å². The number of ether oxygens (including phenoxy) is 2. The molecular weight excluding hydrogens is 192 g/mol. The molecule has 0 aromatic rings. The Morgan fingerprint density at radius 1 is 1.00 bits per heavy atom. The second-order valence-electron chi connectivity index (χ2n) is 4.31. The molecule has 2 nitrogen and oxygen atoms in total. The Morgan fingerprint density at radius 3 is 1.86 bits per heavy atom. The van der Waals surface area contributed by atoms with Gasteiger partial charge in [-0.3, -0.25) is 0 Å². The van der Waals surface area contributed by atoms with Gasteiger partial charge in [0.1, 0.15) is 5.91 Å². The molecular formula is C11H26O2Si. The molecule has 0 amide bonds. The van der Waals surface area contributed by atoms with Gasteiger partial charge in [0.2, 0.25) is 0 Å². The molecule has 14 heavy (non-hydrogen) atoms. The molecule has 0 heterocycles. The number of rotatable bonds is 8. The molecule has 86 valence electrons. The van der Waals surface area contributed by atoms with E-state index in [0.29, 0.717) is 0 Å². The molecule has 1 atom stereocenters. The second-order valence-corrected chi connectivity index (χ2v) is 6.84. The van der Waals surface area contributed by atoms with Crippen molar-refractivity contribution in [3.05, 3.63) is 0 Å². The normalized spacial score (nSPS) is 14.8. The molecule has 0 aliphatic rings. The van der Waals surface area contributed by atoms with E-state index in [2.05, 4.69) is 20.8 Å². The Bertz CT molecular complexity index is 122. The summed E-state index contributed by atoms with van der Waals surface area (Å²) in [5, 5.41) is 0. The first-order valence-corrected chi connectivity index (χ1v) is 7.46. The van der Waals surface area contributed by atoms with Crippen molar-refractivity contribution < 1.29 is 9.47 Å². The van der Waals surface area contributed by atoms with E-state index in [1.807, 2.05) is 13.8 Å². The van der Waals surface area contributed by atoms with Crippen molar-refractivity contribution in [2.75, 3.05) is 13.2 Å². The van der Waals surface area contributed by atoms with Crippen molar-refractivity contribution in [2.45, 2.75) is 52.5 Å². The lowest BCUT2D eigenvalue weighted by atomic mass is 10.1. The van der Waals surface area contributed by atoms with Crippen LogP contribution in [0.25, 0.3) is 0 Å². The van der Waals surface area contributed by atoms with Crippen molar-refractivity contribution in [1.29, 1.82) is 0 Å². The molecule has 0 saturated carbocycles. The molecule has 3 heteroatoms. The van der Waals surface area contributed by atoms with Crippen LogP contribution in [0.1, 0.15) is 41.0 Å². The van der Waals surface area contributed by atoms with Crippen molar-refractivity contribution in [3.63, 3.8) is 0 Å². The highest BCUT2D eigenvalue weighted by molar-refractivity contribution is 6.38. The molecule has 0 aromatic heterocycles. The molecule has 1 unspecified atom stereocenters. The predicted octanol–water partition coefficient (Wildman–Crippen LogP) is 2.37. The second kappa shape index (κ2) is 8.45. The molecule has 0 rings (SSSR count). The maximum atomic E-state index is 5.57. The number of hydrogen-bond acceptors (Lipinski definition) is 2. The molecule has 0 aliphatic heterocycles. The van der Waals surface area contributed by atoms with Crippen LogP contribution in [0.15, 0.2) is 0 Å². The van der Waals surface area contributed by atoms with Gasteiger partial charge in [-0.25, -0.2) is 0 Å². The maximum Gasteiger partial charge on any atom is 0.135 e. The van der Waals surface area contributed by atoms with Gasteiger partial charge in [-0.15, -0.1) is 0 Å². The minimum absolute atomic E-state index is 0.138. The summed E-state index contributed by atoms with van der Waals surface area (Å²) in [6.45, 7) is 12.5. The third kappa shape index (κ3) is 7.53. The van der Waals surface area contributed by atoms with Crippen molar-refractivity contribution in [1.82, 2.24) is 0 Å². The first-order chi connectivity index (χ1) is 6.60. The van der Waals surface area contributed by atoms with Crippen LogP contribution in [-0.4, -0.2) is 28.6 Å². The predicted molar refractivity (Wildman–Crippen MR) is 64.5 cm³/mol. The molecule has 0 radical (unpaired) electrons. The van der Waals surface area contributed by atoms with E-state index >= 15 is 0 Å². The Labute approximate surface area is 91.2 Å². The minimum atomic E-state index is -0.260. The van der Waals surface area contributed by atoms with Crippen LogP contribution in [0.5, 0.6) is 0 Å². The topological polar surface area (TPSA) is 18.5 Å². The van der Waals surface area contributed by atoms with Gasteiger partial charge in [0, 0.05) is 13.2 Å². The average molecular weight is 218 g/mol. The Kier molecular flexibility index (Phi) is 8.53. The van der Waals surface area contributed by atoms with E-state index < -0.39 is 0 Å². The highest BCUT2D eigenvalue weighted by Crippen LogP contribution is 2.17. The third-order valence-electron chi connectivity index (χ3n) is 2.17. The van der Waals surface area contributed by atoms with Gasteiger partial charge < -0.3 is 9.47 Å². The molecule has 0 fully saturated rings. The van der Waals surface area contributed by atoms with Crippen LogP contribution in [0, 0.1) is 5.92 Å². The molecule has 0 aliphatic carbocycles. The van der Waals surface area contributed by atoms with Crippen LogP contribution in [0.3, 0.4) is 0 Å². The van der Waals surface area contributed by atoms with Gasteiger partial charge in [0.25, 0.3) is 0 Å². The summed E-state index contributed by atoms with van der Waals surface area (Å²) in [6.07, 6.45) is 1.31. The summed E-state index contributed by atoms with van der Waals surface area (Å²) < 4.78 is 11.1. The van der Waals surface area contributed by atoms with Gasteiger partial charge in [0.15, 0.2) is 0 Å². The first kappa shape index (κ1) is 14.1. The van der Waals surface area contributed by atoms with E-state index in [1.54, 1.807) is 0 Å². The summed E-state index contributed by atoms with van der Waals surface area (Å²) in [5.74, 6) is 0.931. The molecule has 0 saturated heterocycles. The van der Waals surface area contributed by atoms with Crippen molar-refractivity contribution >= 4 is 9.52 Å². The largest absolute Gasteiger partial charge is 0.357 e. The minimum Gasteiger partial charge on any atom is -0.357 e. The van der Waals surface area contributed by atoms with E-state index in [9.17, 15) is 0 Å². The van der Waals surface area contributed by atoms with Gasteiger partial charge >= 0.3 is 0 Å². The SMILES string of the molecule is CCOC(OCC)[SiH2]C(C)CC(C)C. The summed E-state index contributed by atoms with van der Waals surface area (Å²) in [7, 11) is -0.260. The smallest absolute Gasteiger partial charge is 0.135 e. The Balaban J connectivity index is 3.76. The van der Waals surface area contributed by atoms with Gasteiger partial charge in [-0.2, -0.15) is 0 Å². The van der Waals surface area contributed by atoms with Gasteiger partial charge in [-0.1, -0.05) is 27.2 Å². The monoisotopic (exact) mass is 218 g/mol. The third-order valence-corrected chi connectivity index (χ3v) is 4.17. The van der Waals surface area contributed by atoms with Crippen LogP contribution >= 0.6 is 0 Å².